The topological polar surface area (TPSA) is 41.5 Å². The van der Waals surface area contributed by atoms with Gasteiger partial charge in [-0.3, -0.25) is 9.79 Å². The summed E-state index contributed by atoms with van der Waals surface area (Å²) in [4.78, 5) is 17.4. The molecule has 1 atom stereocenters. The number of halogens is 2. The van der Waals surface area contributed by atoms with Crippen molar-refractivity contribution in [1.82, 2.24) is 5.32 Å². The molecule has 3 nitrogen and oxygen atoms in total. The Kier molecular flexibility index (Phi) is 7.13. The fourth-order valence-electron chi connectivity index (χ4n) is 3.65. The number of amidine groups is 1. The van der Waals surface area contributed by atoms with E-state index in [4.69, 9.17) is 4.99 Å². The number of nitrogens with zero attached hydrogens (tertiary/aromatic N) is 1. The molecule has 1 aliphatic carbocycles. The summed E-state index contributed by atoms with van der Waals surface area (Å²) in [5.74, 6) is 0.773. The lowest BCUT2D eigenvalue weighted by atomic mass is 9.89. The van der Waals surface area contributed by atoms with E-state index in [1.54, 1.807) is 21.4 Å². The maximum atomic E-state index is 13.7. The summed E-state index contributed by atoms with van der Waals surface area (Å²) in [7, 11) is 1.59. The highest BCUT2D eigenvalue weighted by molar-refractivity contribution is 7.17. The van der Waals surface area contributed by atoms with Crippen LogP contribution in [0.15, 0.2) is 23.2 Å². The van der Waals surface area contributed by atoms with E-state index in [0.29, 0.717) is 18.7 Å². The van der Waals surface area contributed by atoms with Crippen molar-refractivity contribution in [1.29, 1.82) is 0 Å². The van der Waals surface area contributed by atoms with Crippen molar-refractivity contribution < 1.29 is 13.6 Å². The average molecular weight is 396 g/mol. The number of hydrogen-bond donors (Lipinski definition) is 1. The van der Waals surface area contributed by atoms with E-state index >= 15 is 0 Å². The summed E-state index contributed by atoms with van der Waals surface area (Å²) in [6.07, 6.45) is 5.15. The summed E-state index contributed by atoms with van der Waals surface area (Å²) < 4.78 is 27.4. The molecule has 1 N–H and O–H groups in total. The lowest BCUT2D eigenvalue weighted by Gasteiger charge is -2.21. The number of alkyl halides is 2. The van der Waals surface area contributed by atoms with Crippen LogP contribution >= 0.6 is 9.24 Å². The van der Waals surface area contributed by atoms with E-state index in [0.717, 1.165) is 36.8 Å². The van der Waals surface area contributed by atoms with Gasteiger partial charge in [-0.1, -0.05) is 61.9 Å². The highest BCUT2D eigenvalue weighted by Crippen LogP contribution is 2.45. The Labute approximate surface area is 163 Å². The average Bonchev–Trinajstić information content (AvgIpc) is 3.42. The van der Waals surface area contributed by atoms with Crippen molar-refractivity contribution in [3.63, 3.8) is 0 Å². The van der Waals surface area contributed by atoms with Crippen molar-refractivity contribution in [3.8, 4) is 0 Å². The fourth-order valence-corrected chi connectivity index (χ4v) is 3.83. The Balaban J connectivity index is 0.00000126. The maximum absolute atomic E-state index is 13.7. The Morgan fingerprint density at radius 2 is 1.81 bits per heavy atom. The zero-order valence-corrected chi connectivity index (χ0v) is 17.9. The number of carbonyl (C=O) groups excluding carboxylic acids is 1. The predicted octanol–water partition coefficient (Wildman–Crippen LogP) is 5.73. The summed E-state index contributed by atoms with van der Waals surface area (Å²) in [6.45, 7) is 8.09. The Morgan fingerprint density at radius 1 is 1.22 bits per heavy atom. The van der Waals surface area contributed by atoms with Gasteiger partial charge in [0.05, 0.1) is 0 Å². The van der Waals surface area contributed by atoms with Crippen LogP contribution in [-0.2, 0) is 10.5 Å². The molecule has 0 bridgehead atoms. The molecule has 6 heteroatoms. The number of aliphatic imine (C=N–C) groups is 1. The van der Waals surface area contributed by atoms with Gasteiger partial charge in [0.1, 0.15) is 11.4 Å². The summed E-state index contributed by atoms with van der Waals surface area (Å²) >= 11 is 0. The second-order valence-corrected chi connectivity index (χ2v) is 7.87. The lowest BCUT2D eigenvalue weighted by Crippen LogP contribution is -2.39. The van der Waals surface area contributed by atoms with Crippen LogP contribution in [0.25, 0.3) is 0 Å². The van der Waals surface area contributed by atoms with Crippen molar-refractivity contribution in [2.45, 2.75) is 83.3 Å². The van der Waals surface area contributed by atoms with Crippen LogP contribution < -0.4 is 5.32 Å². The smallest absolute Gasteiger partial charge is 0.283 e. The van der Waals surface area contributed by atoms with Crippen LogP contribution in [0.1, 0.15) is 88.8 Å². The van der Waals surface area contributed by atoms with Gasteiger partial charge < -0.3 is 5.32 Å². The van der Waals surface area contributed by atoms with Gasteiger partial charge in [-0.15, -0.1) is 0 Å². The van der Waals surface area contributed by atoms with Gasteiger partial charge in [0.25, 0.3) is 11.6 Å². The first-order valence-electron chi connectivity index (χ1n) is 10.0. The summed E-state index contributed by atoms with van der Waals surface area (Å²) in [6, 6.07) is 4.70. The highest BCUT2D eigenvalue weighted by atomic mass is 31.0. The minimum Gasteiger partial charge on any atom is -0.308 e. The number of hydrogen-bond acceptors (Lipinski definition) is 2. The lowest BCUT2D eigenvalue weighted by molar-refractivity contribution is -0.124. The number of rotatable bonds is 7. The number of benzene rings is 1. The first kappa shape index (κ1) is 21.9. The Hall–Kier alpha value is -1.35. The third-order valence-electron chi connectivity index (χ3n) is 5.02. The van der Waals surface area contributed by atoms with E-state index in [2.05, 4.69) is 5.32 Å². The molecule has 150 valence electrons. The van der Waals surface area contributed by atoms with Crippen molar-refractivity contribution >= 4 is 21.0 Å². The zero-order valence-electron chi connectivity index (χ0n) is 16.7. The molecule has 1 heterocycles. The third-order valence-corrected chi connectivity index (χ3v) is 5.35. The van der Waals surface area contributed by atoms with Crippen LogP contribution in [0, 0.1) is 0 Å². The SMILES string of the molecule is CC.CCCC1(CCC)N=C(c2ccc(C(F)(F)P)cc2C2CC2)NC1=O. The van der Waals surface area contributed by atoms with Crippen LogP contribution in [0.3, 0.4) is 0 Å². The van der Waals surface area contributed by atoms with E-state index < -0.39 is 11.2 Å². The summed E-state index contributed by atoms with van der Waals surface area (Å²) in [5.41, 5.74) is -1.99. The molecule has 3 rings (SSSR count). The van der Waals surface area contributed by atoms with Gasteiger partial charge >= 0.3 is 0 Å². The minimum atomic E-state index is -2.95. The second-order valence-electron chi connectivity index (χ2n) is 7.15. The normalized spacial score (nSPS) is 18.5. The number of carbonyl (C=O) groups is 1. The van der Waals surface area contributed by atoms with Crippen LogP contribution in [0.2, 0.25) is 0 Å². The summed E-state index contributed by atoms with van der Waals surface area (Å²) in [5, 5.41) is 2.93. The van der Waals surface area contributed by atoms with Crippen LogP contribution in [-0.4, -0.2) is 17.3 Å². The molecule has 1 aromatic rings. The third kappa shape index (κ3) is 4.74. The second kappa shape index (κ2) is 8.77. The first-order chi connectivity index (χ1) is 12.8. The van der Waals surface area contributed by atoms with E-state index in [9.17, 15) is 13.6 Å². The quantitative estimate of drug-likeness (QED) is 0.588. The van der Waals surface area contributed by atoms with Gasteiger partial charge in [-0.25, -0.2) is 0 Å². The highest BCUT2D eigenvalue weighted by Gasteiger charge is 2.43. The molecule has 1 aromatic carbocycles. The minimum absolute atomic E-state index is 0.0125. The fraction of sp³-hybridized carbons (Fsp3) is 0.619. The van der Waals surface area contributed by atoms with Gasteiger partial charge in [0.2, 0.25) is 0 Å². The molecule has 1 fully saturated rings. The maximum Gasteiger partial charge on any atom is 0.283 e. The van der Waals surface area contributed by atoms with Gasteiger partial charge in [0, 0.05) is 11.1 Å². The van der Waals surface area contributed by atoms with E-state index in [1.165, 1.54) is 6.07 Å². The molecule has 0 radical (unpaired) electrons. The predicted molar refractivity (Wildman–Crippen MR) is 111 cm³/mol. The number of nitrogens with one attached hydrogen (secondary N) is 1. The zero-order chi connectivity index (χ0) is 20.2. The molecule has 27 heavy (non-hydrogen) atoms. The molecule has 1 saturated carbocycles. The van der Waals surface area contributed by atoms with Gasteiger partial charge in [-0.05, 0) is 43.2 Å². The van der Waals surface area contributed by atoms with Gasteiger partial charge in [0.15, 0.2) is 0 Å². The van der Waals surface area contributed by atoms with Gasteiger partial charge in [-0.2, -0.15) is 8.78 Å². The molecule has 0 spiro atoms. The number of amides is 1. The Bertz CT molecular complexity index is 703. The molecular formula is C21H31F2N2OP. The molecule has 1 amide bonds. The van der Waals surface area contributed by atoms with Crippen LogP contribution in [0.5, 0.6) is 0 Å². The largest absolute Gasteiger partial charge is 0.308 e. The Morgan fingerprint density at radius 3 is 2.30 bits per heavy atom. The van der Waals surface area contributed by atoms with Crippen molar-refractivity contribution in [2.75, 3.05) is 0 Å². The molecule has 0 saturated heterocycles. The standard InChI is InChI=1S/C19H25F2N2OP.C2H6/c1-3-9-18(10-4-2)17(24)22-16(23-18)14-8-7-13(19(20,21)25)11-15(14)12-5-6-12;1-2/h7-8,11-12H,3-6,9-10,25H2,1-2H3,(H,22,23,24);1-2H3. The molecule has 0 aromatic heterocycles. The molecule has 1 unspecified atom stereocenters. The van der Waals surface area contributed by atoms with Crippen molar-refractivity contribution in [2.24, 2.45) is 4.99 Å². The first-order valence-corrected chi connectivity index (χ1v) is 10.6. The monoisotopic (exact) mass is 396 g/mol. The molecule has 1 aliphatic heterocycles. The van der Waals surface area contributed by atoms with Crippen LogP contribution in [0.4, 0.5) is 8.78 Å². The molecule has 2 aliphatic rings. The van der Waals surface area contributed by atoms with E-state index in [-0.39, 0.29) is 17.4 Å². The van der Waals surface area contributed by atoms with E-state index in [1.807, 2.05) is 27.7 Å². The van der Waals surface area contributed by atoms with Crippen molar-refractivity contribution in [3.05, 3.63) is 34.9 Å². The molecular weight excluding hydrogens is 365 g/mol.